The van der Waals surface area contributed by atoms with Gasteiger partial charge in [0, 0.05) is 6.42 Å². The molecular formula is C12H15NO3. The summed E-state index contributed by atoms with van der Waals surface area (Å²) in [4.78, 5) is 11.3. The Kier molecular flexibility index (Phi) is 4.51. The highest BCUT2D eigenvalue weighted by Crippen LogP contribution is 2.05. The van der Waals surface area contributed by atoms with Crippen molar-refractivity contribution in [2.24, 2.45) is 5.16 Å². The number of carbonyl (C=O) groups is 1. The zero-order valence-corrected chi connectivity index (χ0v) is 9.43. The lowest BCUT2D eigenvalue weighted by molar-refractivity contribution is -0.135. The number of benzene rings is 1. The normalized spacial score (nSPS) is 11.2. The molecule has 16 heavy (non-hydrogen) atoms. The van der Waals surface area contributed by atoms with Crippen molar-refractivity contribution in [2.75, 3.05) is 6.61 Å². The van der Waals surface area contributed by atoms with E-state index in [0.717, 1.165) is 11.1 Å². The van der Waals surface area contributed by atoms with Gasteiger partial charge in [-0.05, 0) is 19.4 Å². The van der Waals surface area contributed by atoms with Crippen molar-refractivity contribution in [3.63, 3.8) is 0 Å². The van der Waals surface area contributed by atoms with E-state index in [1.54, 1.807) is 6.92 Å². The summed E-state index contributed by atoms with van der Waals surface area (Å²) in [6.07, 6.45) is 0.273. The lowest BCUT2D eigenvalue weighted by Gasteiger charge is -2.04. The molecule has 0 aliphatic rings. The van der Waals surface area contributed by atoms with Crippen LogP contribution in [0.5, 0.6) is 0 Å². The fraction of sp³-hybridized carbons (Fsp3) is 0.333. The van der Waals surface area contributed by atoms with Crippen molar-refractivity contribution in [2.45, 2.75) is 20.3 Å². The average molecular weight is 221 g/mol. The molecule has 1 aromatic carbocycles. The topological polar surface area (TPSA) is 58.9 Å². The molecule has 0 radical (unpaired) electrons. The molecule has 1 aromatic rings. The Morgan fingerprint density at radius 3 is 2.50 bits per heavy atom. The van der Waals surface area contributed by atoms with Gasteiger partial charge in [0.15, 0.2) is 5.71 Å². The predicted molar refractivity (Wildman–Crippen MR) is 60.7 cm³/mol. The average Bonchev–Trinajstić information content (AvgIpc) is 2.28. The number of carbonyl (C=O) groups excluding carboxylic acids is 1. The second-order valence-corrected chi connectivity index (χ2v) is 3.43. The quantitative estimate of drug-likeness (QED) is 0.366. The lowest BCUT2D eigenvalue weighted by Crippen LogP contribution is -2.20. The van der Waals surface area contributed by atoms with Crippen LogP contribution in [0.15, 0.2) is 29.4 Å². The van der Waals surface area contributed by atoms with Gasteiger partial charge in [-0.25, -0.2) is 4.79 Å². The maximum Gasteiger partial charge on any atom is 0.356 e. The van der Waals surface area contributed by atoms with E-state index in [1.807, 2.05) is 31.2 Å². The van der Waals surface area contributed by atoms with Gasteiger partial charge in [0.25, 0.3) is 0 Å². The van der Waals surface area contributed by atoms with Crippen LogP contribution < -0.4 is 0 Å². The molecule has 0 bridgehead atoms. The smallest absolute Gasteiger partial charge is 0.356 e. The van der Waals surface area contributed by atoms with Gasteiger partial charge in [-0.3, -0.25) is 0 Å². The van der Waals surface area contributed by atoms with E-state index in [4.69, 9.17) is 9.94 Å². The zero-order chi connectivity index (χ0) is 12.0. The van der Waals surface area contributed by atoms with Crippen LogP contribution in [0, 0.1) is 6.92 Å². The Morgan fingerprint density at radius 2 is 2.00 bits per heavy atom. The van der Waals surface area contributed by atoms with Crippen LogP contribution in [-0.2, 0) is 16.0 Å². The minimum absolute atomic E-state index is 0.0192. The molecule has 0 aliphatic heterocycles. The summed E-state index contributed by atoms with van der Waals surface area (Å²) in [6.45, 7) is 3.96. The molecule has 0 fully saturated rings. The van der Waals surface area contributed by atoms with Gasteiger partial charge in [0.2, 0.25) is 0 Å². The van der Waals surface area contributed by atoms with Crippen LogP contribution in [0.2, 0.25) is 0 Å². The molecule has 0 unspecified atom stereocenters. The van der Waals surface area contributed by atoms with Crippen LogP contribution in [0.1, 0.15) is 18.1 Å². The van der Waals surface area contributed by atoms with Crippen molar-refractivity contribution < 1.29 is 14.7 Å². The third-order valence-electron chi connectivity index (χ3n) is 2.12. The first-order valence-electron chi connectivity index (χ1n) is 5.11. The van der Waals surface area contributed by atoms with E-state index in [9.17, 15) is 4.79 Å². The highest BCUT2D eigenvalue weighted by Gasteiger charge is 2.13. The molecular weight excluding hydrogens is 206 g/mol. The number of rotatable bonds is 4. The summed E-state index contributed by atoms with van der Waals surface area (Å²) in [5.41, 5.74) is 2.07. The summed E-state index contributed by atoms with van der Waals surface area (Å²) in [6, 6.07) is 7.66. The monoisotopic (exact) mass is 221 g/mol. The van der Waals surface area contributed by atoms with E-state index < -0.39 is 5.97 Å². The van der Waals surface area contributed by atoms with Gasteiger partial charge in [-0.15, -0.1) is 0 Å². The maximum atomic E-state index is 11.3. The van der Waals surface area contributed by atoms with Gasteiger partial charge in [0.05, 0.1) is 6.61 Å². The van der Waals surface area contributed by atoms with Crippen LogP contribution in [0.25, 0.3) is 0 Å². The highest BCUT2D eigenvalue weighted by molar-refractivity contribution is 6.36. The number of hydrogen-bond donors (Lipinski definition) is 1. The number of hydrogen-bond acceptors (Lipinski definition) is 4. The molecule has 0 saturated carbocycles. The molecule has 0 heterocycles. The fourth-order valence-corrected chi connectivity index (χ4v) is 1.26. The minimum Gasteiger partial charge on any atom is -0.461 e. The van der Waals surface area contributed by atoms with Crippen molar-refractivity contribution >= 4 is 11.7 Å². The highest BCUT2D eigenvalue weighted by atomic mass is 16.5. The second kappa shape index (κ2) is 5.90. The first kappa shape index (κ1) is 12.2. The van der Waals surface area contributed by atoms with Crippen molar-refractivity contribution in [1.82, 2.24) is 0 Å². The molecule has 4 heteroatoms. The third-order valence-corrected chi connectivity index (χ3v) is 2.12. The fourth-order valence-electron chi connectivity index (χ4n) is 1.26. The molecule has 86 valence electrons. The van der Waals surface area contributed by atoms with E-state index in [1.165, 1.54) is 0 Å². The summed E-state index contributed by atoms with van der Waals surface area (Å²) >= 11 is 0. The number of aryl methyl sites for hydroxylation is 1. The van der Waals surface area contributed by atoms with Gasteiger partial charge < -0.3 is 9.94 Å². The predicted octanol–water partition coefficient (Wildman–Crippen LogP) is 1.93. The Hall–Kier alpha value is -1.84. The number of oxime groups is 1. The molecule has 0 atom stereocenters. The molecule has 0 amide bonds. The Labute approximate surface area is 94.5 Å². The molecule has 1 rings (SSSR count). The second-order valence-electron chi connectivity index (χ2n) is 3.43. The maximum absolute atomic E-state index is 11.3. The SMILES string of the molecule is CCOC(=O)C(Cc1ccc(C)cc1)=NO. The largest absolute Gasteiger partial charge is 0.461 e. The molecule has 0 saturated heterocycles. The standard InChI is InChI=1S/C12H15NO3/c1-3-16-12(14)11(13-15)8-10-6-4-9(2)5-7-10/h4-7,15H,3,8H2,1-2H3. The van der Waals surface area contributed by atoms with Gasteiger partial charge >= 0.3 is 5.97 Å². The zero-order valence-electron chi connectivity index (χ0n) is 9.43. The number of nitrogens with zero attached hydrogens (tertiary/aromatic N) is 1. The van der Waals surface area contributed by atoms with Crippen LogP contribution in [0.3, 0.4) is 0 Å². The third kappa shape index (κ3) is 3.38. The van der Waals surface area contributed by atoms with Crippen LogP contribution in [-0.4, -0.2) is 23.5 Å². The summed E-state index contributed by atoms with van der Waals surface area (Å²) in [5.74, 6) is -0.578. The van der Waals surface area contributed by atoms with Crippen molar-refractivity contribution in [3.8, 4) is 0 Å². The van der Waals surface area contributed by atoms with E-state index in [-0.39, 0.29) is 18.7 Å². The van der Waals surface area contributed by atoms with E-state index >= 15 is 0 Å². The van der Waals surface area contributed by atoms with Crippen LogP contribution >= 0.6 is 0 Å². The molecule has 0 aromatic heterocycles. The Morgan fingerprint density at radius 1 is 1.38 bits per heavy atom. The van der Waals surface area contributed by atoms with E-state index in [0.29, 0.717) is 0 Å². The molecule has 0 aliphatic carbocycles. The summed E-state index contributed by atoms with van der Waals surface area (Å²) in [5, 5.41) is 11.7. The molecule has 4 nitrogen and oxygen atoms in total. The molecule has 1 N–H and O–H groups in total. The first-order valence-corrected chi connectivity index (χ1v) is 5.11. The lowest BCUT2D eigenvalue weighted by atomic mass is 10.1. The van der Waals surface area contributed by atoms with Crippen LogP contribution in [0.4, 0.5) is 0 Å². The summed E-state index contributed by atoms with van der Waals surface area (Å²) in [7, 11) is 0. The van der Waals surface area contributed by atoms with E-state index in [2.05, 4.69) is 5.16 Å². The van der Waals surface area contributed by atoms with Crippen molar-refractivity contribution in [3.05, 3.63) is 35.4 Å². The Balaban J connectivity index is 2.71. The van der Waals surface area contributed by atoms with Gasteiger partial charge in [0.1, 0.15) is 0 Å². The van der Waals surface area contributed by atoms with Gasteiger partial charge in [-0.2, -0.15) is 0 Å². The first-order chi connectivity index (χ1) is 7.67. The molecule has 0 spiro atoms. The van der Waals surface area contributed by atoms with Gasteiger partial charge in [-0.1, -0.05) is 35.0 Å². The number of ether oxygens (including phenoxy) is 1. The summed E-state index contributed by atoms with van der Waals surface area (Å²) < 4.78 is 4.76. The Bertz CT molecular complexity index is 382. The van der Waals surface area contributed by atoms with Crippen molar-refractivity contribution in [1.29, 1.82) is 0 Å². The minimum atomic E-state index is -0.578. The number of esters is 1.